The maximum atomic E-state index is 3.35. The fraction of sp³-hybridized carbons (Fsp3) is 1.00. The molecular weight excluding hydrogens is 222 g/mol. The van der Waals surface area contributed by atoms with E-state index < -0.39 is 0 Å². The van der Waals surface area contributed by atoms with Gasteiger partial charge in [-0.15, -0.1) is 0 Å². The van der Waals surface area contributed by atoms with Crippen LogP contribution in [0.1, 0.15) is 90.4 Å². The molecule has 0 aromatic rings. The Labute approximate surface area is 113 Å². The number of unbranched alkanes of at least 4 members (excludes halogenated alkanes) is 12. The predicted octanol–water partition coefficient (Wildman–Crippen LogP) is 3.95. The Morgan fingerprint density at radius 3 is 1.29 bits per heavy atom. The molecule has 0 aromatic heterocycles. The van der Waals surface area contributed by atoms with Crippen LogP contribution in [0.5, 0.6) is 0 Å². The molecule has 0 aliphatic rings. The maximum absolute atomic E-state index is 3.35. The van der Waals surface area contributed by atoms with Crippen molar-refractivity contribution < 1.29 is 0 Å². The van der Waals surface area contributed by atoms with Gasteiger partial charge in [-0.05, 0) is 13.0 Å². The quantitative estimate of drug-likeness (QED) is 0.367. The molecule has 2 heteroatoms. The highest BCUT2D eigenvalue weighted by Crippen LogP contribution is 2.12. The van der Waals surface area contributed by atoms with Gasteiger partial charge in [-0.2, -0.15) is 0 Å². The second-order valence-electron chi connectivity index (χ2n) is 5.35. The van der Waals surface area contributed by atoms with Gasteiger partial charge in [0.2, 0.25) is 0 Å². The number of hydrogen-bond donors (Lipinski definition) is 1. The Hall–Kier alpha value is 0.177. The molecule has 0 aromatic carbocycles. The van der Waals surface area contributed by atoms with Gasteiger partial charge < -0.3 is 4.98 Å². The lowest BCUT2D eigenvalue weighted by molar-refractivity contribution is 0.539. The summed E-state index contributed by atoms with van der Waals surface area (Å²) in [5, 5.41) is 0. The van der Waals surface area contributed by atoms with Crippen LogP contribution in [-0.4, -0.2) is 16.9 Å². The minimum atomic E-state index is 1.16. The van der Waals surface area contributed by atoms with Crippen LogP contribution >= 0.6 is 0 Å². The van der Waals surface area contributed by atoms with E-state index in [4.69, 9.17) is 0 Å². The van der Waals surface area contributed by atoms with Crippen molar-refractivity contribution in [2.45, 2.75) is 90.4 Å². The van der Waals surface area contributed by atoms with E-state index in [0.29, 0.717) is 0 Å². The lowest BCUT2D eigenvalue weighted by atomic mass is 10.0. The van der Waals surface area contributed by atoms with Crippen LogP contribution in [0.25, 0.3) is 0 Å². The van der Waals surface area contributed by atoms with E-state index in [0.717, 1.165) is 10.4 Å². The van der Waals surface area contributed by atoms with E-state index in [1.54, 1.807) is 0 Å². The van der Waals surface area contributed by atoms with E-state index in [9.17, 15) is 0 Å². The van der Waals surface area contributed by atoms with Crippen molar-refractivity contribution in [2.24, 2.45) is 0 Å². The first-order valence-corrected chi connectivity index (χ1v) is 9.06. The molecule has 1 nitrogen and oxygen atoms in total. The minimum absolute atomic E-state index is 1.16. The lowest BCUT2D eigenvalue weighted by Crippen LogP contribution is -2.09. The van der Waals surface area contributed by atoms with Crippen molar-refractivity contribution in [2.75, 3.05) is 6.54 Å². The van der Waals surface area contributed by atoms with E-state index in [1.165, 1.54) is 90.0 Å². The van der Waals surface area contributed by atoms with Gasteiger partial charge >= 0.3 is 0 Å². The summed E-state index contributed by atoms with van der Waals surface area (Å²) in [5.74, 6) is 0. The highest BCUT2D eigenvalue weighted by molar-refractivity contribution is 6.04. The summed E-state index contributed by atoms with van der Waals surface area (Å²) in [6.45, 7) is 3.54. The SMILES string of the molecule is CCCCCCCCCCCCCCCN[SiH3]. The minimum Gasteiger partial charge on any atom is -0.345 e. The van der Waals surface area contributed by atoms with Crippen molar-refractivity contribution in [3.8, 4) is 0 Å². The molecule has 0 bridgehead atoms. The molecule has 0 radical (unpaired) electrons. The normalized spacial score (nSPS) is 11.1. The topological polar surface area (TPSA) is 12.0 Å². The first-order valence-electron chi connectivity index (χ1n) is 8.06. The predicted molar refractivity (Wildman–Crippen MR) is 83.6 cm³/mol. The van der Waals surface area contributed by atoms with Crippen LogP contribution in [-0.2, 0) is 0 Å². The highest BCUT2D eigenvalue weighted by atomic mass is 28.2. The third kappa shape index (κ3) is 16.2. The lowest BCUT2D eigenvalue weighted by Gasteiger charge is -2.02. The van der Waals surface area contributed by atoms with Crippen molar-refractivity contribution >= 4 is 10.4 Å². The average Bonchev–Trinajstić information content (AvgIpc) is 2.35. The Balaban J connectivity index is 2.85. The van der Waals surface area contributed by atoms with E-state index in [2.05, 4.69) is 11.9 Å². The number of rotatable bonds is 14. The third-order valence-corrected chi connectivity index (χ3v) is 4.03. The van der Waals surface area contributed by atoms with Gasteiger partial charge in [-0.1, -0.05) is 84.0 Å². The molecular formula is C15H35NSi. The monoisotopic (exact) mass is 257 g/mol. The van der Waals surface area contributed by atoms with Gasteiger partial charge in [0.15, 0.2) is 0 Å². The fourth-order valence-electron chi connectivity index (χ4n) is 2.32. The van der Waals surface area contributed by atoms with Crippen LogP contribution < -0.4 is 4.98 Å². The smallest absolute Gasteiger partial charge is 0.0749 e. The van der Waals surface area contributed by atoms with Crippen molar-refractivity contribution in [3.63, 3.8) is 0 Å². The Morgan fingerprint density at radius 2 is 0.941 bits per heavy atom. The average molecular weight is 258 g/mol. The molecule has 0 atom stereocenters. The van der Waals surface area contributed by atoms with Gasteiger partial charge in [-0.3, -0.25) is 0 Å². The molecule has 0 saturated heterocycles. The Kier molecular flexibility index (Phi) is 16.3. The summed E-state index contributed by atoms with van der Waals surface area (Å²) in [7, 11) is 1.16. The van der Waals surface area contributed by atoms with Crippen LogP contribution in [0.3, 0.4) is 0 Å². The molecule has 104 valence electrons. The fourth-order valence-corrected chi connectivity index (χ4v) is 2.67. The van der Waals surface area contributed by atoms with Gasteiger partial charge in [0, 0.05) is 0 Å². The maximum Gasteiger partial charge on any atom is 0.0749 e. The van der Waals surface area contributed by atoms with E-state index in [1.807, 2.05) is 0 Å². The van der Waals surface area contributed by atoms with Crippen LogP contribution in [0.2, 0.25) is 0 Å². The summed E-state index contributed by atoms with van der Waals surface area (Å²) in [5.41, 5.74) is 0. The second-order valence-corrected chi connectivity index (χ2v) is 6.05. The van der Waals surface area contributed by atoms with Gasteiger partial charge in [0.05, 0.1) is 10.4 Å². The zero-order valence-corrected chi connectivity index (χ0v) is 14.4. The molecule has 0 amide bonds. The molecule has 0 aliphatic carbocycles. The summed E-state index contributed by atoms with van der Waals surface area (Å²) < 4.78 is 0. The van der Waals surface area contributed by atoms with Crippen molar-refractivity contribution in [1.82, 2.24) is 4.98 Å². The molecule has 0 rings (SSSR count). The molecule has 0 aliphatic heterocycles. The van der Waals surface area contributed by atoms with Crippen molar-refractivity contribution in [3.05, 3.63) is 0 Å². The third-order valence-electron chi connectivity index (χ3n) is 3.53. The molecule has 0 spiro atoms. The molecule has 17 heavy (non-hydrogen) atoms. The summed E-state index contributed by atoms with van der Waals surface area (Å²) in [6, 6.07) is 0. The summed E-state index contributed by atoms with van der Waals surface area (Å²) in [4.78, 5) is 3.35. The summed E-state index contributed by atoms with van der Waals surface area (Å²) >= 11 is 0. The Morgan fingerprint density at radius 1 is 0.588 bits per heavy atom. The molecule has 0 unspecified atom stereocenters. The van der Waals surface area contributed by atoms with Crippen LogP contribution in [0.15, 0.2) is 0 Å². The van der Waals surface area contributed by atoms with E-state index >= 15 is 0 Å². The molecule has 0 heterocycles. The number of nitrogens with one attached hydrogen (secondary N) is 1. The summed E-state index contributed by atoms with van der Waals surface area (Å²) in [6.07, 6.45) is 18.9. The zero-order valence-electron chi connectivity index (χ0n) is 12.4. The van der Waals surface area contributed by atoms with Gasteiger partial charge in [0.25, 0.3) is 0 Å². The molecule has 0 fully saturated rings. The van der Waals surface area contributed by atoms with Gasteiger partial charge in [0.1, 0.15) is 0 Å². The van der Waals surface area contributed by atoms with Crippen LogP contribution in [0, 0.1) is 0 Å². The Bertz CT molecular complexity index is 114. The first-order chi connectivity index (χ1) is 8.41. The first kappa shape index (κ1) is 17.2. The van der Waals surface area contributed by atoms with Crippen molar-refractivity contribution in [1.29, 1.82) is 0 Å². The standard InChI is InChI=1S/C15H35NSi/c1-2-3-4-5-6-7-8-9-10-11-12-13-14-15-16-17/h16H,2-15H2,1,17H3. The van der Waals surface area contributed by atoms with Crippen LogP contribution in [0.4, 0.5) is 0 Å². The highest BCUT2D eigenvalue weighted by Gasteiger charge is 1.93. The second kappa shape index (κ2) is 16.2. The molecule has 1 N–H and O–H groups in total. The zero-order chi connectivity index (χ0) is 12.6. The van der Waals surface area contributed by atoms with Gasteiger partial charge in [-0.25, -0.2) is 0 Å². The number of hydrogen-bond acceptors (Lipinski definition) is 1. The molecule has 0 saturated carbocycles. The largest absolute Gasteiger partial charge is 0.345 e. The van der Waals surface area contributed by atoms with E-state index in [-0.39, 0.29) is 0 Å².